The van der Waals surface area contributed by atoms with Gasteiger partial charge in [0.2, 0.25) is 5.91 Å². The summed E-state index contributed by atoms with van der Waals surface area (Å²) in [6.07, 6.45) is 1.86. The monoisotopic (exact) mass is 418 g/mol. The van der Waals surface area contributed by atoms with Gasteiger partial charge in [0, 0.05) is 31.8 Å². The van der Waals surface area contributed by atoms with Crippen LogP contribution in [0.1, 0.15) is 34.8 Å². The zero-order valence-electron chi connectivity index (χ0n) is 16.2. The van der Waals surface area contributed by atoms with E-state index >= 15 is 0 Å². The summed E-state index contributed by atoms with van der Waals surface area (Å²) in [5.41, 5.74) is 0.220. The Morgan fingerprint density at radius 1 is 1.10 bits per heavy atom. The van der Waals surface area contributed by atoms with E-state index in [1.54, 1.807) is 0 Å². The molecule has 2 N–H and O–H groups in total. The molecule has 1 atom stereocenters. The number of anilines is 1. The Balaban J connectivity index is 1.90. The second kappa shape index (κ2) is 8.85. The molecule has 0 aromatic heterocycles. The van der Waals surface area contributed by atoms with Gasteiger partial charge in [-0.3, -0.25) is 19.7 Å². The standard InChI is InChI=1S/C20H20F2N4O4/c1-23-20(28)18(12-4-6-14(21)15(22)10-12)24-19(27)13-5-7-16(17(11-13)26(29)30)25-8-2-3-9-25/h4-7,10-11,18H,2-3,8-9H2,1H3,(H,23,28)(H,24,27). The van der Waals surface area contributed by atoms with E-state index in [9.17, 15) is 28.5 Å². The quantitative estimate of drug-likeness (QED) is 0.554. The Hall–Kier alpha value is -3.56. The smallest absolute Gasteiger partial charge is 0.293 e. The number of hydrogen-bond acceptors (Lipinski definition) is 5. The minimum absolute atomic E-state index is 0.0267. The summed E-state index contributed by atoms with van der Waals surface area (Å²) in [7, 11) is 1.33. The van der Waals surface area contributed by atoms with Gasteiger partial charge >= 0.3 is 0 Å². The normalized spacial score (nSPS) is 14.3. The number of halogens is 2. The van der Waals surface area contributed by atoms with Gasteiger partial charge in [-0.05, 0) is 42.7 Å². The average molecular weight is 418 g/mol. The number of nitro benzene ring substituents is 1. The zero-order chi connectivity index (χ0) is 21.8. The van der Waals surface area contributed by atoms with Crippen molar-refractivity contribution in [3.05, 3.63) is 69.3 Å². The third-order valence-corrected chi connectivity index (χ3v) is 4.94. The van der Waals surface area contributed by atoms with Gasteiger partial charge in [-0.15, -0.1) is 0 Å². The van der Waals surface area contributed by atoms with E-state index in [-0.39, 0.29) is 16.8 Å². The summed E-state index contributed by atoms with van der Waals surface area (Å²) in [6, 6.07) is 5.62. The maximum atomic E-state index is 13.6. The Morgan fingerprint density at radius 2 is 1.80 bits per heavy atom. The van der Waals surface area contributed by atoms with Crippen molar-refractivity contribution in [3.63, 3.8) is 0 Å². The van der Waals surface area contributed by atoms with Crippen LogP contribution in [0.2, 0.25) is 0 Å². The summed E-state index contributed by atoms with van der Waals surface area (Å²) in [5.74, 6) is -3.67. The van der Waals surface area contributed by atoms with E-state index in [0.717, 1.165) is 31.0 Å². The summed E-state index contributed by atoms with van der Waals surface area (Å²) in [4.78, 5) is 37.8. The Labute approximate surface area is 171 Å². The van der Waals surface area contributed by atoms with Gasteiger partial charge in [0.15, 0.2) is 11.6 Å². The second-order valence-electron chi connectivity index (χ2n) is 6.85. The fourth-order valence-corrected chi connectivity index (χ4v) is 3.39. The lowest BCUT2D eigenvalue weighted by Gasteiger charge is -2.19. The van der Waals surface area contributed by atoms with Crippen LogP contribution in [0.15, 0.2) is 36.4 Å². The first-order valence-electron chi connectivity index (χ1n) is 9.32. The molecule has 0 saturated carbocycles. The van der Waals surface area contributed by atoms with Crippen molar-refractivity contribution in [2.24, 2.45) is 0 Å². The Kier molecular flexibility index (Phi) is 6.24. The number of amides is 2. The molecule has 1 unspecified atom stereocenters. The molecule has 2 amide bonds. The van der Waals surface area contributed by atoms with E-state index in [4.69, 9.17) is 0 Å². The largest absolute Gasteiger partial charge is 0.366 e. The van der Waals surface area contributed by atoms with Crippen LogP contribution in [0.5, 0.6) is 0 Å². The molecule has 0 bridgehead atoms. The first-order chi connectivity index (χ1) is 14.3. The number of rotatable bonds is 6. The molecular formula is C20H20F2N4O4. The van der Waals surface area contributed by atoms with E-state index < -0.39 is 34.4 Å². The highest BCUT2D eigenvalue weighted by Crippen LogP contribution is 2.32. The number of likely N-dealkylation sites (N-methyl/N-ethyl adjacent to an activating group) is 1. The van der Waals surface area contributed by atoms with Crippen molar-refractivity contribution in [1.29, 1.82) is 0 Å². The molecule has 10 heteroatoms. The van der Waals surface area contributed by atoms with Crippen LogP contribution in [-0.4, -0.2) is 36.9 Å². The first-order valence-corrected chi connectivity index (χ1v) is 9.32. The van der Waals surface area contributed by atoms with Crippen LogP contribution in [0.3, 0.4) is 0 Å². The number of benzene rings is 2. The van der Waals surface area contributed by atoms with Gasteiger partial charge in [-0.1, -0.05) is 6.07 Å². The number of carbonyl (C=O) groups excluding carboxylic acids is 2. The molecule has 1 saturated heterocycles. The van der Waals surface area contributed by atoms with E-state index in [1.165, 1.54) is 25.2 Å². The molecule has 1 fully saturated rings. The number of nitrogens with zero attached hydrogens (tertiary/aromatic N) is 2. The van der Waals surface area contributed by atoms with Crippen LogP contribution >= 0.6 is 0 Å². The van der Waals surface area contributed by atoms with Crippen LogP contribution < -0.4 is 15.5 Å². The fourth-order valence-electron chi connectivity index (χ4n) is 3.39. The molecule has 2 aromatic carbocycles. The SMILES string of the molecule is CNC(=O)C(NC(=O)c1ccc(N2CCCC2)c([N+](=O)[O-])c1)c1ccc(F)c(F)c1. The molecule has 158 valence electrons. The Bertz CT molecular complexity index is 993. The van der Waals surface area contributed by atoms with Crippen molar-refractivity contribution in [3.8, 4) is 0 Å². The molecule has 3 rings (SSSR count). The van der Waals surface area contributed by atoms with Crippen molar-refractivity contribution in [2.45, 2.75) is 18.9 Å². The maximum Gasteiger partial charge on any atom is 0.293 e. The first kappa shape index (κ1) is 21.2. The zero-order valence-corrected chi connectivity index (χ0v) is 16.2. The predicted octanol–water partition coefficient (Wildman–Crippen LogP) is 2.69. The van der Waals surface area contributed by atoms with E-state index in [1.807, 2.05) is 4.90 Å². The number of nitro groups is 1. The number of nitrogens with one attached hydrogen (secondary N) is 2. The van der Waals surface area contributed by atoms with Crippen molar-refractivity contribution < 1.29 is 23.3 Å². The lowest BCUT2D eigenvalue weighted by molar-refractivity contribution is -0.384. The van der Waals surface area contributed by atoms with Crippen LogP contribution in [0, 0.1) is 21.7 Å². The summed E-state index contributed by atoms with van der Waals surface area (Å²) < 4.78 is 26.8. The van der Waals surface area contributed by atoms with Gasteiger partial charge < -0.3 is 15.5 Å². The lowest BCUT2D eigenvalue weighted by atomic mass is 10.0. The summed E-state index contributed by atoms with van der Waals surface area (Å²) in [5, 5.41) is 16.3. The highest BCUT2D eigenvalue weighted by atomic mass is 19.2. The van der Waals surface area contributed by atoms with E-state index in [0.29, 0.717) is 18.8 Å². The van der Waals surface area contributed by atoms with Crippen LogP contribution in [0.4, 0.5) is 20.2 Å². The molecule has 0 spiro atoms. The predicted molar refractivity (Wildman–Crippen MR) is 105 cm³/mol. The van der Waals surface area contributed by atoms with Crippen LogP contribution in [0.25, 0.3) is 0 Å². The topological polar surface area (TPSA) is 105 Å². The average Bonchev–Trinajstić information content (AvgIpc) is 3.27. The number of carbonyl (C=O) groups is 2. The molecule has 0 radical (unpaired) electrons. The van der Waals surface area contributed by atoms with Gasteiger partial charge in [-0.25, -0.2) is 8.78 Å². The highest BCUT2D eigenvalue weighted by molar-refractivity contribution is 5.99. The molecule has 1 heterocycles. The molecule has 8 nitrogen and oxygen atoms in total. The fraction of sp³-hybridized carbons (Fsp3) is 0.300. The molecule has 0 aliphatic carbocycles. The third-order valence-electron chi connectivity index (χ3n) is 4.94. The van der Waals surface area contributed by atoms with Crippen molar-refractivity contribution in [2.75, 3.05) is 25.0 Å². The molecule has 1 aliphatic rings. The van der Waals surface area contributed by atoms with Gasteiger partial charge in [0.05, 0.1) is 4.92 Å². The van der Waals surface area contributed by atoms with Crippen molar-refractivity contribution in [1.82, 2.24) is 10.6 Å². The summed E-state index contributed by atoms with van der Waals surface area (Å²) >= 11 is 0. The summed E-state index contributed by atoms with van der Waals surface area (Å²) in [6.45, 7) is 1.39. The van der Waals surface area contributed by atoms with Crippen molar-refractivity contribution >= 4 is 23.2 Å². The number of hydrogen-bond donors (Lipinski definition) is 2. The molecule has 2 aromatic rings. The Morgan fingerprint density at radius 3 is 2.40 bits per heavy atom. The van der Waals surface area contributed by atoms with E-state index in [2.05, 4.69) is 10.6 Å². The van der Waals surface area contributed by atoms with Crippen LogP contribution in [-0.2, 0) is 4.79 Å². The molecular weight excluding hydrogens is 398 g/mol. The van der Waals surface area contributed by atoms with Gasteiger partial charge in [0.1, 0.15) is 11.7 Å². The molecule has 30 heavy (non-hydrogen) atoms. The lowest BCUT2D eigenvalue weighted by Crippen LogP contribution is -2.39. The second-order valence-corrected chi connectivity index (χ2v) is 6.85. The van der Waals surface area contributed by atoms with Gasteiger partial charge in [0.25, 0.3) is 11.6 Å². The minimum atomic E-state index is -1.31. The van der Waals surface area contributed by atoms with Gasteiger partial charge in [-0.2, -0.15) is 0 Å². The highest BCUT2D eigenvalue weighted by Gasteiger charge is 2.27. The third kappa shape index (κ3) is 4.37. The molecule has 1 aliphatic heterocycles. The maximum absolute atomic E-state index is 13.6. The minimum Gasteiger partial charge on any atom is -0.366 e.